The van der Waals surface area contributed by atoms with Crippen LogP contribution in [0.4, 0.5) is 0 Å². The molecule has 1 aromatic heterocycles. The summed E-state index contributed by atoms with van der Waals surface area (Å²) in [5.41, 5.74) is 0.649. The van der Waals surface area contributed by atoms with Crippen molar-refractivity contribution in [3.05, 3.63) is 23.2 Å². The SMILES string of the molecule is O=C(NC12CCCC1NCC2)c1coc2c1C(=O)NCCC2. The monoisotopic (exact) mass is 303 g/mol. The first-order chi connectivity index (χ1) is 10.7. The predicted octanol–water partition coefficient (Wildman–Crippen LogP) is 0.970. The predicted molar refractivity (Wildman–Crippen MR) is 79.8 cm³/mol. The highest BCUT2D eigenvalue weighted by Crippen LogP contribution is 2.37. The van der Waals surface area contributed by atoms with Crippen LogP contribution in [0.3, 0.4) is 0 Å². The van der Waals surface area contributed by atoms with Gasteiger partial charge in [-0.3, -0.25) is 9.59 Å². The maximum Gasteiger partial charge on any atom is 0.255 e. The molecular weight excluding hydrogens is 282 g/mol. The minimum absolute atomic E-state index is 0.150. The van der Waals surface area contributed by atoms with Crippen molar-refractivity contribution in [1.82, 2.24) is 16.0 Å². The molecule has 2 fully saturated rings. The molecule has 3 aliphatic rings. The number of nitrogens with one attached hydrogen (secondary N) is 3. The molecule has 0 aromatic carbocycles. The Kier molecular flexibility index (Phi) is 3.22. The van der Waals surface area contributed by atoms with Crippen molar-refractivity contribution in [2.75, 3.05) is 13.1 Å². The van der Waals surface area contributed by atoms with Gasteiger partial charge in [-0.2, -0.15) is 0 Å². The number of carbonyl (C=O) groups is 2. The second-order valence-corrected chi connectivity index (χ2v) is 6.57. The van der Waals surface area contributed by atoms with Crippen LogP contribution in [-0.2, 0) is 6.42 Å². The minimum Gasteiger partial charge on any atom is -0.468 e. The third-order valence-electron chi connectivity index (χ3n) is 5.31. The fourth-order valence-electron chi connectivity index (χ4n) is 4.18. The van der Waals surface area contributed by atoms with Crippen molar-refractivity contribution >= 4 is 11.8 Å². The molecule has 1 aromatic rings. The van der Waals surface area contributed by atoms with E-state index in [0.29, 0.717) is 35.9 Å². The number of carbonyl (C=O) groups excluding carboxylic acids is 2. The van der Waals surface area contributed by atoms with Crippen LogP contribution >= 0.6 is 0 Å². The second-order valence-electron chi connectivity index (χ2n) is 6.57. The zero-order chi connectivity index (χ0) is 15.2. The van der Waals surface area contributed by atoms with Crippen molar-refractivity contribution in [2.45, 2.75) is 50.1 Å². The van der Waals surface area contributed by atoms with Crippen LogP contribution < -0.4 is 16.0 Å². The molecule has 2 aliphatic heterocycles. The van der Waals surface area contributed by atoms with E-state index in [4.69, 9.17) is 4.42 Å². The fourth-order valence-corrected chi connectivity index (χ4v) is 4.18. The number of amides is 2. The number of fused-ring (bicyclic) bond motifs is 2. The molecule has 6 heteroatoms. The number of hydrogen-bond acceptors (Lipinski definition) is 4. The van der Waals surface area contributed by atoms with Crippen LogP contribution in [0.1, 0.15) is 58.6 Å². The molecule has 22 heavy (non-hydrogen) atoms. The summed E-state index contributed by atoms with van der Waals surface area (Å²) < 4.78 is 5.49. The second kappa shape index (κ2) is 5.12. The Morgan fingerprint density at radius 2 is 2.23 bits per heavy atom. The maximum atomic E-state index is 12.8. The van der Waals surface area contributed by atoms with Crippen LogP contribution in [-0.4, -0.2) is 36.5 Å². The van der Waals surface area contributed by atoms with E-state index < -0.39 is 0 Å². The lowest BCUT2D eigenvalue weighted by atomic mass is 9.92. The average molecular weight is 303 g/mol. The molecule has 118 valence electrons. The Bertz CT molecular complexity index is 612. The zero-order valence-corrected chi connectivity index (χ0v) is 12.5. The lowest BCUT2D eigenvalue weighted by molar-refractivity contribution is 0.0882. The Morgan fingerprint density at radius 3 is 3.14 bits per heavy atom. The third-order valence-corrected chi connectivity index (χ3v) is 5.31. The van der Waals surface area contributed by atoms with E-state index in [2.05, 4.69) is 16.0 Å². The lowest BCUT2D eigenvalue weighted by Crippen LogP contribution is -2.53. The Balaban J connectivity index is 1.61. The number of furan rings is 1. The van der Waals surface area contributed by atoms with Crippen molar-refractivity contribution < 1.29 is 14.0 Å². The van der Waals surface area contributed by atoms with Crippen LogP contribution in [0.5, 0.6) is 0 Å². The van der Waals surface area contributed by atoms with Gasteiger partial charge < -0.3 is 20.4 Å². The molecule has 2 atom stereocenters. The summed E-state index contributed by atoms with van der Waals surface area (Å²) in [5.74, 6) is 0.249. The summed E-state index contributed by atoms with van der Waals surface area (Å²) in [5, 5.41) is 9.51. The molecule has 2 amide bonds. The highest BCUT2D eigenvalue weighted by atomic mass is 16.3. The first-order valence-corrected chi connectivity index (χ1v) is 8.14. The summed E-state index contributed by atoms with van der Waals surface area (Å²) in [6, 6.07) is 0.357. The minimum atomic E-state index is -0.198. The first-order valence-electron chi connectivity index (χ1n) is 8.14. The summed E-state index contributed by atoms with van der Waals surface area (Å²) >= 11 is 0. The van der Waals surface area contributed by atoms with Crippen molar-refractivity contribution in [1.29, 1.82) is 0 Å². The highest BCUT2D eigenvalue weighted by Gasteiger charge is 2.47. The number of hydrogen-bond donors (Lipinski definition) is 3. The summed E-state index contributed by atoms with van der Waals surface area (Å²) in [6.45, 7) is 1.56. The molecule has 3 heterocycles. The van der Waals surface area contributed by atoms with Gasteiger partial charge in [0, 0.05) is 19.0 Å². The van der Waals surface area contributed by atoms with Gasteiger partial charge in [0.1, 0.15) is 12.0 Å². The zero-order valence-electron chi connectivity index (χ0n) is 12.5. The van der Waals surface area contributed by atoms with Crippen molar-refractivity contribution in [3.63, 3.8) is 0 Å². The van der Waals surface area contributed by atoms with Crippen molar-refractivity contribution in [3.8, 4) is 0 Å². The maximum absolute atomic E-state index is 12.8. The molecule has 0 spiro atoms. The molecule has 3 N–H and O–H groups in total. The Morgan fingerprint density at radius 1 is 1.32 bits per heavy atom. The smallest absolute Gasteiger partial charge is 0.255 e. The molecule has 1 saturated carbocycles. The number of rotatable bonds is 2. The standard InChI is InChI=1S/C16H21N3O3/c20-14(19-16-5-1-4-12(16)17-8-6-16)10-9-22-11-3-2-7-18-15(21)13(10)11/h9,12,17H,1-8H2,(H,18,21)(H,19,20). The summed E-state index contributed by atoms with van der Waals surface area (Å²) in [6.07, 6.45) is 7.15. The van der Waals surface area contributed by atoms with Gasteiger partial charge in [-0.25, -0.2) is 0 Å². The Hall–Kier alpha value is -1.82. The van der Waals surface area contributed by atoms with Crippen LogP contribution in [0, 0.1) is 0 Å². The molecular formula is C16H21N3O3. The van der Waals surface area contributed by atoms with Gasteiger partial charge >= 0.3 is 0 Å². The highest BCUT2D eigenvalue weighted by molar-refractivity contribution is 6.08. The van der Waals surface area contributed by atoms with Gasteiger partial charge in [-0.1, -0.05) is 0 Å². The lowest BCUT2D eigenvalue weighted by Gasteiger charge is -2.30. The molecule has 0 bridgehead atoms. The molecule has 1 saturated heterocycles. The molecule has 4 rings (SSSR count). The molecule has 0 radical (unpaired) electrons. The molecule has 2 unspecified atom stereocenters. The Labute approximate surface area is 129 Å². The molecule has 1 aliphatic carbocycles. The first kappa shape index (κ1) is 13.8. The van der Waals surface area contributed by atoms with Gasteiger partial charge in [0.05, 0.1) is 16.7 Å². The van der Waals surface area contributed by atoms with Gasteiger partial charge in [0.2, 0.25) is 0 Å². The average Bonchev–Trinajstić information content (AvgIpc) is 3.13. The summed E-state index contributed by atoms with van der Waals surface area (Å²) in [7, 11) is 0. The third kappa shape index (κ3) is 2.05. The largest absolute Gasteiger partial charge is 0.468 e. The van der Waals surface area contributed by atoms with Crippen LogP contribution in [0.15, 0.2) is 10.7 Å². The van der Waals surface area contributed by atoms with Gasteiger partial charge in [-0.15, -0.1) is 0 Å². The van der Waals surface area contributed by atoms with Crippen LogP contribution in [0.2, 0.25) is 0 Å². The molecule has 6 nitrogen and oxygen atoms in total. The normalized spacial score (nSPS) is 30.4. The van der Waals surface area contributed by atoms with E-state index in [1.807, 2.05) is 0 Å². The van der Waals surface area contributed by atoms with Gasteiger partial charge in [-0.05, 0) is 38.6 Å². The van der Waals surface area contributed by atoms with E-state index in [1.165, 1.54) is 6.26 Å². The van der Waals surface area contributed by atoms with E-state index in [9.17, 15) is 9.59 Å². The van der Waals surface area contributed by atoms with Gasteiger partial charge in [0.15, 0.2) is 0 Å². The van der Waals surface area contributed by atoms with Crippen LogP contribution in [0.25, 0.3) is 0 Å². The van der Waals surface area contributed by atoms with E-state index in [0.717, 1.165) is 38.6 Å². The van der Waals surface area contributed by atoms with Gasteiger partial charge in [0.25, 0.3) is 11.8 Å². The summed E-state index contributed by atoms with van der Waals surface area (Å²) in [4.78, 5) is 24.9. The van der Waals surface area contributed by atoms with Crippen molar-refractivity contribution in [2.24, 2.45) is 0 Å². The quantitative estimate of drug-likeness (QED) is 0.760. The van der Waals surface area contributed by atoms with E-state index >= 15 is 0 Å². The fraction of sp³-hybridized carbons (Fsp3) is 0.625. The topological polar surface area (TPSA) is 83.4 Å². The van der Waals surface area contributed by atoms with E-state index in [-0.39, 0.29) is 17.4 Å². The van der Waals surface area contributed by atoms with E-state index in [1.54, 1.807) is 0 Å². The number of aryl methyl sites for hydroxylation is 1.